The molecule has 0 spiro atoms. The average molecular weight is 436 g/mol. The Morgan fingerprint density at radius 1 is 1.06 bits per heavy atom. The summed E-state index contributed by atoms with van der Waals surface area (Å²) in [5.41, 5.74) is 3.29. The van der Waals surface area contributed by atoms with Gasteiger partial charge in [-0.05, 0) is 37.6 Å². The zero-order chi connectivity index (χ0) is 21.6. The zero-order valence-electron chi connectivity index (χ0n) is 17.7. The molecule has 0 atom stereocenters. The Morgan fingerprint density at radius 3 is 2.65 bits per heavy atom. The molecule has 0 unspecified atom stereocenters. The highest BCUT2D eigenvalue weighted by atomic mass is 32.1. The van der Waals surface area contributed by atoms with Crippen LogP contribution in [0.3, 0.4) is 0 Å². The Hall–Kier alpha value is -3.19. The summed E-state index contributed by atoms with van der Waals surface area (Å²) in [6.07, 6.45) is 5.33. The van der Waals surface area contributed by atoms with Crippen molar-refractivity contribution in [1.29, 1.82) is 0 Å². The molecule has 4 aromatic rings. The number of unbranched alkanes of at least 4 members (excludes halogenated alkanes) is 2. The number of nitrogens with zero attached hydrogens (tertiary/aromatic N) is 3. The van der Waals surface area contributed by atoms with Crippen LogP contribution in [0, 0.1) is 0 Å². The maximum atomic E-state index is 11.8. The van der Waals surface area contributed by atoms with E-state index in [0.29, 0.717) is 12.2 Å². The Labute approximate surface area is 185 Å². The SMILES string of the molecule is CCCCCOc1cccc(-c2nn3cc(-c4ccc(C(=O)OCC)cc4)nc3s2)c1. The van der Waals surface area contributed by atoms with Crippen molar-refractivity contribution < 1.29 is 14.3 Å². The molecule has 2 aromatic carbocycles. The van der Waals surface area contributed by atoms with Crippen molar-refractivity contribution in [2.75, 3.05) is 13.2 Å². The molecule has 160 valence electrons. The van der Waals surface area contributed by atoms with Crippen LogP contribution in [-0.2, 0) is 4.74 Å². The molecule has 0 bridgehead atoms. The first-order chi connectivity index (χ1) is 15.2. The number of carbonyl (C=O) groups is 1. The van der Waals surface area contributed by atoms with Gasteiger partial charge in [-0.15, -0.1) is 0 Å². The van der Waals surface area contributed by atoms with Crippen molar-refractivity contribution in [2.45, 2.75) is 33.1 Å². The molecule has 0 saturated carbocycles. The standard InChI is InChI=1S/C24H25N3O3S/c1-3-5-6-14-30-20-9-7-8-19(15-20)22-26-27-16-21(25-24(27)31-22)17-10-12-18(13-11-17)23(28)29-4-2/h7-13,15-16H,3-6,14H2,1-2H3. The second kappa shape index (κ2) is 9.75. The minimum atomic E-state index is -0.317. The largest absolute Gasteiger partial charge is 0.494 e. The molecule has 0 aliphatic carbocycles. The summed E-state index contributed by atoms with van der Waals surface area (Å²) >= 11 is 1.53. The first-order valence-electron chi connectivity index (χ1n) is 10.5. The monoisotopic (exact) mass is 435 g/mol. The van der Waals surface area contributed by atoms with Gasteiger partial charge < -0.3 is 9.47 Å². The third kappa shape index (κ3) is 4.94. The smallest absolute Gasteiger partial charge is 0.338 e. The molecule has 6 nitrogen and oxygen atoms in total. The number of hydrogen-bond donors (Lipinski definition) is 0. The van der Waals surface area contributed by atoms with Crippen LogP contribution in [0.2, 0.25) is 0 Å². The highest BCUT2D eigenvalue weighted by Crippen LogP contribution is 2.30. The van der Waals surface area contributed by atoms with Gasteiger partial charge >= 0.3 is 5.97 Å². The molecule has 2 aromatic heterocycles. The summed E-state index contributed by atoms with van der Waals surface area (Å²) in [6.45, 7) is 5.07. The van der Waals surface area contributed by atoms with Gasteiger partial charge in [-0.2, -0.15) is 5.10 Å². The zero-order valence-corrected chi connectivity index (χ0v) is 18.5. The molecule has 0 radical (unpaired) electrons. The number of aromatic nitrogens is 3. The van der Waals surface area contributed by atoms with Crippen LogP contribution in [-0.4, -0.2) is 33.8 Å². The molecular formula is C24H25N3O3S. The first-order valence-corrected chi connectivity index (χ1v) is 11.4. The van der Waals surface area contributed by atoms with Crippen LogP contribution in [0.5, 0.6) is 5.75 Å². The number of imidazole rings is 1. The van der Waals surface area contributed by atoms with Crippen molar-refractivity contribution in [2.24, 2.45) is 0 Å². The molecular weight excluding hydrogens is 410 g/mol. The molecule has 0 aliphatic rings. The van der Waals surface area contributed by atoms with Gasteiger partial charge in [0.05, 0.1) is 30.7 Å². The lowest BCUT2D eigenvalue weighted by atomic mass is 10.1. The predicted molar refractivity (Wildman–Crippen MR) is 123 cm³/mol. The maximum absolute atomic E-state index is 11.8. The lowest BCUT2D eigenvalue weighted by Gasteiger charge is -2.06. The Kier molecular flexibility index (Phi) is 6.62. The normalized spacial score (nSPS) is 11.0. The van der Waals surface area contributed by atoms with Crippen LogP contribution in [0.1, 0.15) is 43.5 Å². The van der Waals surface area contributed by atoms with Crippen LogP contribution in [0.25, 0.3) is 26.8 Å². The summed E-state index contributed by atoms with van der Waals surface area (Å²) in [6, 6.07) is 15.3. The van der Waals surface area contributed by atoms with Gasteiger partial charge in [0.15, 0.2) is 0 Å². The van der Waals surface area contributed by atoms with E-state index in [2.05, 4.69) is 6.92 Å². The number of fused-ring (bicyclic) bond motifs is 1. The minimum Gasteiger partial charge on any atom is -0.494 e. The van der Waals surface area contributed by atoms with Gasteiger partial charge in [-0.1, -0.05) is 55.4 Å². The highest BCUT2D eigenvalue weighted by molar-refractivity contribution is 7.19. The molecule has 0 amide bonds. The maximum Gasteiger partial charge on any atom is 0.338 e. The first kappa shape index (κ1) is 21.1. The fourth-order valence-corrected chi connectivity index (χ4v) is 4.09. The Morgan fingerprint density at radius 2 is 1.90 bits per heavy atom. The fraction of sp³-hybridized carbons (Fsp3) is 0.292. The number of carbonyl (C=O) groups excluding carboxylic acids is 1. The lowest BCUT2D eigenvalue weighted by Crippen LogP contribution is -2.03. The summed E-state index contributed by atoms with van der Waals surface area (Å²) < 4.78 is 12.7. The highest BCUT2D eigenvalue weighted by Gasteiger charge is 2.13. The van der Waals surface area contributed by atoms with Crippen LogP contribution in [0.15, 0.2) is 54.7 Å². The van der Waals surface area contributed by atoms with Crippen LogP contribution < -0.4 is 4.74 Å². The average Bonchev–Trinajstić information content (AvgIpc) is 3.37. The lowest BCUT2D eigenvalue weighted by molar-refractivity contribution is 0.0526. The number of benzene rings is 2. The number of rotatable bonds is 9. The molecule has 7 heteroatoms. The fourth-order valence-electron chi connectivity index (χ4n) is 3.21. The second-order valence-electron chi connectivity index (χ2n) is 7.14. The molecule has 0 fully saturated rings. The summed E-state index contributed by atoms with van der Waals surface area (Å²) in [5.74, 6) is 0.548. The van der Waals surface area contributed by atoms with Gasteiger partial charge in [0, 0.05) is 11.1 Å². The van der Waals surface area contributed by atoms with Crippen molar-refractivity contribution >= 4 is 22.3 Å². The van der Waals surface area contributed by atoms with Crippen LogP contribution in [0.4, 0.5) is 0 Å². The number of hydrogen-bond acceptors (Lipinski definition) is 6. The third-order valence-corrected chi connectivity index (χ3v) is 5.80. The quantitative estimate of drug-likeness (QED) is 0.243. The second-order valence-corrected chi connectivity index (χ2v) is 8.10. The van der Waals surface area contributed by atoms with E-state index in [9.17, 15) is 4.79 Å². The van der Waals surface area contributed by atoms with E-state index < -0.39 is 0 Å². The van der Waals surface area contributed by atoms with Crippen LogP contribution >= 0.6 is 11.3 Å². The molecule has 2 heterocycles. The van der Waals surface area contributed by atoms with Gasteiger partial charge in [-0.25, -0.2) is 14.3 Å². The molecule has 31 heavy (non-hydrogen) atoms. The van der Waals surface area contributed by atoms with E-state index in [0.717, 1.165) is 45.6 Å². The minimum absolute atomic E-state index is 0.317. The Bertz CT molecular complexity index is 1130. The van der Waals surface area contributed by atoms with Gasteiger partial charge in [0.2, 0.25) is 4.96 Å². The summed E-state index contributed by atoms with van der Waals surface area (Å²) in [4.78, 5) is 17.3. The molecule has 0 aliphatic heterocycles. The van der Waals surface area contributed by atoms with Crippen molar-refractivity contribution in [3.05, 3.63) is 60.3 Å². The van der Waals surface area contributed by atoms with Gasteiger partial charge in [0.25, 0.3) is 0 Å². The van der Waals surface area contributed by atoms with E-state index in [1.807, 2.05) is 42.6 Å². The van der Waals surface area contributed by atoms with Gasteiger partial charge in [0.1, 0.15) is 10.8 Å². The topological polar surface area (TPSA) is 65.7 Å². The van der Waals surface area contributed by atoms with Crippen molar-refractivity contribution in [3.8, 4) is 27.6 Å². The van der Waals surface area contributed by atoms with Gasteiger partial charge in [-0.3, -0.25) is 0 Å². The van der Waals surface area contributed by atoms with E-state index in [1.54, 1.807) is 23.6 Å². The van der Waals surface area contributed by atoms with E-state index >= 15 is 0 Å². The Balaban J connectivity index is 1.50. The van der Waals surface area contributed by atoms with E-state index in [-0.39, 0.29) is 5.97 Å². The summed E-state index contributed by atoms with van der Waals surface area (Å²) in [5, 5.41) is 5.59. The van der Waals surface area contributed by atoms with Crippen molar-refractivity contribution in [3.63, 3.8) is 0 Å². The van der Waals surface area contributed by atoms with E-state index in [1.165, 1.54) is 24.2 Å². The molecule has 4 rings (SSSR count). The number of ether oxygens (including phenoxy) is 2. The third-order valence-electron chi connectivity index (χ3n) is 4.83. The van der Waals surface area contributed by atoms with Crippen molar-refractivity contribution in [1.82, 2.24) is 14.6 Å². The number of esters is 1. The molecule has 0 N–H and O–H groups in total. The molecule has 0 saturated heterocycles. The van der Waals surface area contributed by atoms with E-state index in [4.69, 9.17) is 19.6 Å². The summed E-state index contributed by atoms with van der Waals surface area (Å²) in [7, 11) is 0. The predicted octanol–water partition coefficient (Wildman–Crippen LogP) is 5.87.